The van der Waals surface area contributed by atoms with Crippen LogP contribution in [0, 0.1) is 5.41 Å². The van der Waals surface area contributed by atoms with Gasteiger partial charge in [-0.25, -0.2) is 0 Å². The Bertz CT molecular complexity index is 280. The Morgan fingerprint density at radius 3 is 2.06 bits per heavy atom. The molecule has 0 atom stereocenters. The van der Waals surface area contributed by atoms with Crippen molar-refractivity contribution in [1.29, 1.82) is 0 Å². The van der Waals surface area contributed by atoms with Crippen LogP contribution in [0.2, 0.25) is 0 Å². The van der Waals surface area contributed by atoms with E-state index in [0.717, 1.165) is 0 Å². The van der Waals surface area contributed by atoms with Gasteiger partial charge in [0.15, 0.2) is 0 Å². The van der Waals surface area contributed by atoms with Crippen LogP contribution in [0.3, 0.4) is 0 Å². The van der Waals surface area contributed by atoms with Gasteiger partial charge in [0.05, 0.1) is 12.0 Å². The summed E-state index contributed by atoms with van der Waals surface area (Å²) in [4.78, 5) is 22.9. The molecule has 0 unspecified atom stereocenters. The normalized spacial score (nSPS) is 12.1. The third-order valence-corrected chi connectivity index (χ3v) is 2.10. The van der Waals surface area contributed by atoms with E-state index in [1.54, 1.807) is 7.05 Å². The number of hydrogen-bond acceptors (Lipinski definition) is 4. The number of carbonyl (C=O) groups is 2. The lowest BCUT2D eigenvalue weighted by atomic mass is 9.92. The zero-order valence-electron chi connectivity index (χ0n) is 11.6. The van der Waals surface area contributed by atoms with Crippen LogP contribution in [0.25, 0.3) is 0 Å². The molecule has 0 aliphatic carbocycles. The number of amides is 1. The molecular weight excluding hydrogens is 220 g/mol. The molecule has 0 saturated heterocycles. The maximum absolute atomic E-state index is 11.5. The summed E-state index contributed by atoms with van der Waals surface area (Å²) in [7, 11) is 1.60. The number of nitrogens with one attached hydrogen (secondary N) is 2. The summed E-state index contributed by atoms with van der Waals surface area (Å²) >= 11 is 0. The molecule has 0 aliphatic rings. The van der Waals surface area contributed by atoms with Gasteiger partial charge in [-0.15, -0.1) is 0 Å². The molecule has 0 aromatic carbocycles. The summed E-state index contributed by atoms with van der Waals surface area (Å²) < 4.78 is 5.14. The van der Waals surface area contributed by atoms with Gasteiger partial charge in [0.1, 0.15) is 5.60 Å². The van der Waals surface area contributed by atoms with Crippen molar-refractivity contribution < 1.29 is 14.3 Å². The Kier molecular flexibility index (Phi) is 5.61. The van der Waals surface area contributed by atoms with Gasteiger partial charge < -0.3 is 15.4 Å². The van der Waals surface area contributed by atoms with Crippen LogP contribution < -0.4 is 10.6 Å². The fourth-order valence-electron chi connectivity index (χ4n) is 1.27. The molecule has 0 aliphatic heterocycles. The van der Waals surface area contributed by atoms with Gasteiger partial charge in [0.2, 0.25) is 5.91 Å². The van der Waals surface area contributed by atoms with Crippen molar-refractivity contribution in [3.05, 3.63) is 0 Å². The van der Waals surface area contributed by atoms with E-state index < -0.39 is 11.0 Å². The molecule has 0 fully saturated rings. The maximum Gasteiger partial charge on any atom is 0.320 e. The maximum atomic E-state index is 11.5. The van der Waals surface area contributed by atoms with Crippen LogP contribution in [0.5, 0.6) is 0 Å². The van der Waals surface area contributed by atoms with Crippen LogP contribution in [-0.2, 0) is 14.3 Å². The minimum Gasteiger partial charge on any atom is -0.459 e. The minimum absolute atomic E-state index is 0.0609. The van der Waals surface area contributed by atoms with E-state index in [4.69, 9.17) is 4.74 Å². The van der Waals surface area contributed by atoms with E-state index in [9.17, 15) is 9.59 Å². The van der Waals surface area contributed by atoms with E-state index in [2.05, 4.69) is 10.6 Å². The van der Waals surface area contributed by atoms with Gasteiger partial charge in [0, 0.05) is 13.6 Å². The predicted molar refractivity (Wildman–Crippen MR) is 66.6 cm³/mol. The van der Waals surface area contributed by atoms with Crippen molar-refractivity contribution in [3.8, 4) is 0 Å². The Balaban J connectivity index is 4.00. The van der Waals surface area contributed by atoms with Crippen molar-refractivity contribution in [2.75, 3.05) is 20.1 Å². The molecular formula is C12H24N2O3. The van der Waals surface area contributed by atoms with Gasteiger partial charge >= 0.3 is 5.97 Å². The third kappa shape index (κ3) is 6.94. The Morgan fingerprint density at radius 2 is 1.65 bits per heavy atom. The topological polar surface area (TPSA) is 67.4 Å². The van der Waals surface area contributed by atoms with Crippen LogP contribution in [0.4, 0.5) is 0 Å². The summed E-state index contributed by atoms with van der Waals surface area (Å²) in [6.07, 6.45) is 0. The average molecular weight is 244 g/mol. The van der Waals surface area contributed by atoms with Gasteiger partial charge in [-0.1, -0.05) is 0 Å². The third-order valence-electron chi connectivity index (χ3n) is 2.10. The Morgan fingerprint density at radius 1 is 1.12 bits per heavy atom. The van der Waals surface area contributed by atoms with Gasteiger partial charge in [-0.2, -0.15) is 0 Å². The lowest BCUT2D eigenvalue weighted by Gasteiger charge is -2.24. The van der Waals surface area contributed by atoms with Crippen molar-refractivity contribution in [2.24, 2.45) is 5.41 Å². The van der Waals surface area contributed by atoms with Crippen molar-refractivity contribution in [2.45, 2.75) is 40.2 Å². The van der Waals surface area contributed by atoms with E-state index in [1.165, 1.54) is 0 Å². The van der Waals surface area contributed by atoms with Crippen molar-refractivity contribution in [3.63, 3.8) is 0 Å². The Hall–Kier alpha value is -1.10. The monoisotopic (exact) mass is 244 g/mol. The molecule has 0 bridgehead atoms. The molecule has 5 nitrogen and oxygen atoms in total. The molecule has 0 aromatic rings. The molecule has 0 radical (unpaired) electrons. The zero-order valence-corrected chi connectivity index (χ0v) is 11.6. The number of hydrogen-bond donors (Lipinski definition) is 2. The highest BCUT2D eigenvalue weighted by atomic mass is 16.6. The number of rotatable bonds is 5. The fourth-order valence-corrected chi connectivity index (χ4v) is 1.27. The molecule has 2 N–H and O–H groups in total. The van der Waals surface area contributed by atoms with Gasteiger partial charge in [-0.3, -0.25) is 9.59 Å². The lowest BCUT2D eigenvalue weighted by Crippen LogP contribution is -2.43. The second-order valence-corrected chi connectivity index (χ2v) is 5.65. The molecule has 5 heteroatoms. The van der Waals surface area contributed by atoms with Gasteiger partial charge in [0.25, 0.3) is 0 Å². The van der Waals surface area contributed by atoms with Crippen LogP contribution >= 0.6 is 0 Å². The number of esters is 1. The van der Waals surface area contributed by atoms with Crippen LogP contribution in [0.1, 0.15) is 34.6 Å². The highest BCUT2D eigenvalue weighted by molar-refractivity contribution is 5.81. The van der Waals surface area contributed by atoms with E-state index in [1.807, 2.05) is 34.6 Å². The van der Waals surface area contributed by atoms with Crippen LogP contribution in [0.15, 0.2) is 0 Å². The Labute approximate surface area is 103 Å². The SMILES string of the molecule is CNC(=O)C(C)(C)CNCC(=O)OC(C)(C)C. The standard InChI is InChI=1S/C12H24N2O3/c1-11(2,3)17-9(15)7-14-8-12(4,5)10(16)13-6/h14H,7-8H2,1-6H3,(H,13,16). The first-order valence-electron chi connectivity index (χ1n) is 5.73. The van der Waals surface area contributed by atoms with Crippen molar-refractivity contribution >= 4 is 11.9 Å². The zero-order chi connectivity index (χ0) is 13.7. The molecule has 17 heavy (non-hydrogen) atoms. The highest BCUT2D eigenvalue weighted by Crippen LogP contribution is 2.13. The fraction of sp³-hybridized carbons (Fsp3) is 0.833. The highest BCUT2D eigenvalue weighted by Gasteiger charge is 2.26. The summed E-state index contributed by atoms with van der Waals surface area (Å²) in [6.45, 7) is 9.61. The summed E-state index contributed by atoms with van der Waals surface area (Å²) in [5, 5.41) is 5.51. The van der Waals surface area contributed by atoms with E-state index >= 15 is 0 Å². The minimum atomic E-state index is -0.545. The van der Waals surface area contributed by atoms with E-state index in [0.29, 0.717) is 6.54 Å². The van der Waals surface area contributed by atoms with Gasteiger partial charge in [-0.05, 0) is 34.6 Å². The molecule has 0 heterocycles. The summed E-state index contributed by atoms with van der Waals surface area (Å²) in [5.41, 5.74) is -1.02. The van der Waals surface area contributed by atoms with E-state index in [-0.39, 0.29) is 18.4 Å². The quantitative estimate of drug-likeness (QED) is 0.698. The summed E-state index contributed by atoms with van der Waals surface area (Å²) in [5.74, 6) is -0.376. The lowest BCUT2D eigenvalue weighted by molar-refractivity contribution is -0.153. The first-order chi connectivity index (χ1) is 7.58. The molecule has 0 aromatic heterocycles. The molecule has 0 spiro atoms. The number of ether oxygens (including phenoxy) is 1. The molecule has 1 amide bonds. The summed E-state index contributed by atoms with van der Waals surface area (Å²) in [6, 6.07) is 0. The second-order valence-electron chi connectivity index (χ2n) is 5.65. The van der Waals surface area contributed by atoms with Crippen LogP contribution in [-0.4, -0.2) is 37.6 Å². The first-order valence-corrected chi connectivity index (χ1v) is 5.73. The number of carbonyl (C=O) groups excluding carboxylic acids is 2. The smallest absolute Gasteiger partial charge is 0.320 e. The molecule has 0 rings (SSSR count). The predicted octanol–water partition coefficient (Wildman–Crippen LogP) is 0.690. The second kappa shape index (κ2) is 6.00. The van der Waals surface area contributed by atoms with Crippen molar-refractivity contribution in [1.82, 2.24) is 10.6 Å². The average Bonchev–Trinajstić information content (AvgIpc) is 2.13. The first kappa shape index (κ1) is 15.9. The largest absolute Gasteiger partial charge is 0.459 e. The molecule has 0 saturated carbocycles. The molecule has 100 valence electrons.